The number of nitrogens with one attached hydrogen (secondary N) is 1. The number of anilines is 1. The second-order valence-corrected chi connectivity index (χ2v) is 5.04. The minimum Gasteiger partial charge on any atom is -0.322 e. The van der Waals surface area contributed by atoms with Crippen molar-refractivity contribution in [3.63, 3.8) is 0 Å². The van der Waals surface area contributed by atoms with E-state index in [1.54, 1.807) is 31.2 Å². The lowest BCUT2D eigenvalue weighted by molar-refractivity contribution is -0.137. The summed E-state index contributed by atoms with van der Waals surface area (Å²) in [5, 5.41) is 2.49. The van der Waals surface area contributed by atoms with E-state index >= 15 is 0 Å². The van der Waals surface area contributed by atoms with Gasteiger partial charge in [-0.15, -0.1) is 12.6 Å². The van der Waals surface area contributed by atoms with E-state index in [9.17, 15) is 18.0 Å². The molecule has 0 aromatic heterocycles. The highest BCUT2D eigenvalue weighted by Gasteiger charge is 2.30. The molecule has 0 spiro atoms. The van der Waals surface area contributed by atoms with Gasteiger partial charge in [0.1, 0.15) is 0 Å². The molecule has 0 fully saturated rings. The van der Waals surface area contributed by atoms with Crippen LogP contribution in [0.2, 0.25) is 0 Å². The van der Waals surface area contributed by atoms with Crippen molar-refractivity contribution in [1.29, 1.82) is 0 Å². The van der Waals surface area contributed by atoms with Gasteiger partial charge in [-0.1, -0.05) is 6.07 Å². The molecule has 1 N–H and O–H groups in total. The Morgan fingerprint density at radius 1 is 1.10 bits per heavy atom. The van der Waals surface area contributed by atoms with Gasteiger partial charge in [-0.3, -0.25) is 4.79 Å². The van der Waals surface area contributed by atoms with E-state index in [1.807, 2.05) is 0 Å². The minimum absolute atomic E-state index is 0.143. The van der Waals surface area contributed by atoms with Crippen LogP contribution in [0.1, 0.15) is 21.5 Å². The molecule has 2 rings (SSSR count). The van der Waals surface area contributed by atoms with Gasteiger partial charge in [0, 0.05) is 16.1 Å². The normalized spacial score (nSPS) is 11.3. The molecule has 0 aliphatic rings. The Kier molecular flexibility index (Phi) is 4.27. The van der Waals surface area contributed by atoms with Gasteiger partial charge in [-0.2, -0.15) is 13.2 Å². The molecule has 0 atom stereocenters. The van der Waals surface area contributed by atoms with Crippen LogP contribution in [-0.2, 0) is 6.18 Å². The molecule has 2 aromatic rings. The van der Waals surface area contributed by atoms with E-state index in [1.165, 1.54) is 6.07 Å². The number of thiol groups is 1. The summed E-state index contributed by atoms with van der Waals surface area (Å²) in [5.74, 6) is -0.467. The molecule has 6 heteroatoms. The predicted molar refractivity (Wildman–Crippen MR) is 77.8 cm³/mol. The standard InChI is InChI=1S/C15H12F3NOS/c1-9-2-5-11(15(16,17)18)8-13(9)19-14(20)10-3-6-12(21)7-4-10/h2-8,21H,1H3,(H,19,20). The summed E-state index contributed by atoms with van der Waals surface area (Å²) in [6.07, 6.45) is -4.44. The molecule has 1 amide bonds. The molecule has 2 nitrogen and oxygen atoms in total. The van der Waals surface area contributed by atoms with E-state index in [2.05, 4.69) is 17.9 Å². The number of hydrogen-bond donors (Lipinski definition) is 2. The number of amides is 1. The molecule has 0 unspecified atom stereocenters. The zero-order chi connectivity index (χ0) is 15.6. The second kappa shape index (κ2) is 5.81. The predicted octanol–water partition coefficient (Wildman–Crippen LogP) is 4.55. The zero-order valence-corrected chi connectivity index (χ0v) is 11.9. The number of hydrogen-bond acceptors (Lipinski definition) is 2. The fraction of sp³-hybridized carbons (Fsp3) is 0.133. The maximum Gasteiger partial charge on any atom is 0.416 e. The number of halogens is 3. The minimum atomic E-state index is -4.44. The van der Waals surface area contributed by atoms with Crippen LogP contribution >= 0.6 is 12.6 Å². The van der Waals surface area contributed by atoms with Crippen LogP contribution in [0, 0.1) is 6.92 Å². The van der Waals surface area contributed by atoms with Gasteiger partial charge in [-0.05, 0) is 48.9 Å². The molecule has 0 aliphatic heterocycles. The molecule has 0 bridgehead atoms. The summed E-state index contributed by atoms with van der Waals surface area (Å²) in [6.45, 7) is 1.63. The smallest absolute Gasteiger partial charge is 0.322 e. The lowest BCUT2D eigenvalue weighted by Crippen LogP contribution is -2.14. The van der Waals surface area contributed by atoms with Crippen molar-refractivity contribution in [3.8, 4) is 0 Å². The molecular formula is C15H12F3NOS. The Balaban J connectivity index is 2.26. The van der Waals surface area contributed by atoms with E-state index in [0.717, 1.165) is 12.1 Å². The first-order valence-corrected chi connectivity index (χ1v) is 6.50. The Hall–Kier alpha value is -1.95. The van der Waals surface area contributed by atoms with E-state index in [0.29, 0.717) is 16.0 Å². The number of rotatable bonds is 2. The van der Waals surface area contributed by atoms with E-state index in [-0.39, 0.29) is 5.69 Å². The highest BCUT2D eigenvalue weighted by Crippen LogP contribution is 2.32. The highest BCUT2D eigenvalue weighted by atomic mass is 32.1. The van der Waals surface area contributed by atoms with Gasteiger partial charge in [-0.25, -0.2) is 0 Å². The van der Waals surface area contributed by atoms with Crippen molar-refractivity contribution in [2.24, 2.45) is 0 Å². The van der Waals surface area contributed by atoms with Gasteiger partial charge in [0.2, 0.25) is 0 Å². The Morgan fingerprint density at radius 2 is 1.71 bits per heavy atom. The summed E-state index contributed by atoms with van der Waals surface area (Å²) in [4.78, 5) is 12.7. The lowest BCUT2D eigenvalue weighted by atomic mass is 10.1. The van der Waals surface area contributed by atoms with Gasteiger partial charge >= 0.3 is 6.18 Å². The maximum absolute atomic E-state index is 12.7. The van der Waals surface area contributed by atoms with Crippen molar-refractivity contribution < 1.29 is 18.0 Å². The van der Waals surface area contributed by atoms with E-state index < -0.39 is 17.6 Å². The van der Waals surface area contributed by atoms with Crippen LogP contribution in [0.4, 0.5) is 18.9 Å². The molecule has 110 valence electrons. The third-order valence-corrected chi connectivity index (χ3v) is 3.24. The number of carbonyl (C=O) groups is 1. The van der Waals surface area contributed by atoms with Crippen LogP contribution in [0.15, 0.2) is 47.4 Å². The van der Waals surface area contributed by atoms with Gasteiger partial charge < -0.3 is 5.32 Å². The number of carbonyl (C=O) groups excluding carboxylic acids is 1. The van der Waals surface area contributed by atoms with Crippen molar-refractivity contribution in [2.45, 2.75) is 18.0 Å². The lowest BCUT2D eigenvalue weighted by Gasteiger charge is -2.12. The molecule has 21 heavy (non-hydrogen) atoms. The highest BCUT2D eigenvalue weighted by molar-refractivity contribution is 7.80. The fourth-order valence-corrected chi connectivity index (χ4v) is 1.89. The molecular weight excluding hydrogens is 299 g/mol. The quantitative estimate of drug-likeness (QED) is 0.783. The van der Waals surface area contributed by atoms with Gasteiger partial charge in [0.25, 0.3) is 5.91 Å². The summed E-state index contributed by atoms with van der Waals surface area (Å²) < 4.78 is 38.0. The summed E-state index contributed by atoms with van der Waals surface area (Å²) in [5.41, 5.74) is 0.255. The van der Waals surface area contributed by atoms with E-state index in [4.69, 9.17) is 0 Å². The number of aryl methyl sites for hydroxylation is 1. The maximum atomic E-state index is 12.7. The Bertz CT molecular complexity index is 666. The first-order chi connectivity index (χ1) is 9.77. The van der Waals surface area contributed by atoms with Crippen molar-refractivity contribution in [3.05, 3.63) is 59.2 Å². The first kappa shape index (κ1) is 15.4. The van der Waals surface area contributed by atoms with Crippen LogP contribution in [0.3, 0.4) is 0 Å². The van der Waals surface area contributed by atoms with Crippen LogP contribution in [0.25, 0.3) is 0 Å². The average molecular weight is 311 g/mol. The fourth-order valence-electron chi connectivity index (χ4n) is 1.74. The van der Waals surface area contributed by atoms with Crippen molar-refractivity contribution in [1.82, 2.24) is 0 Å². The molecule has 2 aromatic carbocycles. The monoisotopic (exact) mass is 311 g/mol. The van der Waals surface area contributed by atoms with Gasteiger partial charge in [0.15, 0.2) is 0 Å². The molecule has 0 aliphatic carbocycles. The van der Waals surface area contributed by atoms with Crippen molar-refractivity contribution in [2.75, 3.05) is 5.32 Å². The van der Waals surface area contributed by atoms with Crippen LogP contribution in [0.5, 0.6) is 0 Å². The Morgan fingerprint density at radius 3 is 2.29 bits per heavy atom. The summed E-state index contributed by atoms with van der Waals surface area (Å²) in [7, 11) is 0. The number of benzene rings is 2. The third-order valence-electron chi connectivity index (χ3n) is 2.94. The molecule has 0 heterocycles. The largest absolute Gasteiger partial charge is 0.416 e. The van der Waals surface area contributed by atoms with Gasteiger partial charge in [0.05, 0.1) is 5.56 Å². The van der Waals surface area contributed by atoms with Crippen LogP contribution < -0.4 is 5.32 Å². The number of alkyl halides is 3. The molecule has 0 saturated heterocycles. The summed E-state index contributed by atoms with van der Waals surface area (Å²) in [6, 6.07) is 9.63. The summed E-state index contributed by atoms with van der Waals surface area (Å²) >= 11 is 4.10. The average Bonchev–Trinajstić information content (AvgIpc) is 2.40. The SMILES string of the molecule is Cc1ccc(C(F)(F)F)cc1NC(=O)c1ccc(S)cc1. The third kappa shape index (κ3) is 3.78. The topological polar surface area (TPSA) is 29.1 Å². The van der Waals surface area contributed by atoms with Crippen molar-refractivity contribution >= 4 is 24.2 Å². The first-order valence-electron chi connectivity index (χ1n) is 6.05. The second-order valence-electron chi connectivity index (χ2n) is 4.53. The zero-order valence-electron chi connectivity index (χ0n) is 11.0. The Labute approximate surface area is 125 Å². The molecule has 0 radical (unpaired) electrons. The molecule has 0 saturated carbocycles. The van der Waals surface area contributed by atoms with Crippen LogP contribution in [-0.4, -0.2) is 5.91 Å².